The quantitative estimate of drug-likeness (QED) is 0.259. The fourth-order valence-electron chi connectivity index (χ4n) is 6.62. The molecule has 1 aromatic carbocycles. The average Bonchev–Trinajstić information content (AvgIpc) is 3.22. The van der Waals surface area contributed by atoms with Gasteiger partial charge in [0.1, 0.15) is 11.5 Å². The Hall–Kier alpha value is -3.94. The zero-order valence-corrected chi connectivity index (χ0v) is 26.6. The number of allylic oxidation sites excluding steroid dienone is 7. The van der Waals surface area contributed by atoms with Crippen molar-refractivity contribution < 1.29 is 27.8 Å². The van der Waals surface area contributed by atoms with E-state index in [1.54, 1.807) is 12.2 Å². The Morgan fingerprint density at radius 2 is 1.89 bits per heavy atom. The third-order valence-electron chi connectivity index (χ3n) is 9.53. The molecule has 0 bridgehead atoms. The highest BCUT2D eigenvalue weighted by molar-refractivity contribution is 5.94. The second kappa shape index (κ2) is 14.0. The summed E-state index contributed by atoms with van der Waals surface area (Å²) in [5.41, 5.74) is 2.42. The van der Waals surface area contributed by atoms with Gasteiger partial charge in [-0.1, -0.05) is 37.8 Å². The van der Waals surface area contributed by atoms with E-state index in [4.69, 9.17) is 9.47 Å². The molecule has 0 N–H and O–H groups in total. The molecule has 0 radical (unpaired) electrons. The predicted octanol–water partition coefficient (Wildman–Crippen LogP) is 5.79. The van der Waals surface area contributed by atoms with Crippen molar-refractivity contribution in [3.05, 3.63) is 93.8 Å². The maximum Gasteiger partial charge on any atom is 0.338 e. The number of benzene rings is 1. The summed E-state index contributed by atoms with van der Waals surface area (Å²) in [6, 6.07) is 4.23. The minimum Gasteiger partial charge on any atom is -0.465 e. The van der Waals surface area contributed by atoms with E-state index in [-0.39, 0.29) is 18.3 Å². The molecule has 240 valence electrons. The first kappa shape index (κ1) is 32.5. The van der Waals surface area contributed by atoms with Crippen LogP contribution in [0.5, 0.6) is 0 Å². The number of carbonyl (C=O) groups is 2. The molecule has 2 aliphatic heterocycles. The van der Waals surface area contributed by atoms with E-state index in [2.05, 4.69) is 37.6 Å². The van der Waals surface area contributed by atoms with Crippen molar-refractivity contribution in [2.24, 2.45) is 11.8 Å². The third-order valence-corrected chi connectivity index (χ3v) is 9.53. The van der Waals surface area contributed by atoms with Gasteiger partial charge in [-0.2, -0.15) is 0 Å². The van der Waals surface area contributed by atoms with Crippen LogP contribution in [-0.4, -0.2) is 60.4 Å². The number of fused-ring (bicyclic) bond motifs is 1. The fourth-order valence-corrected chi connectivity index (χ4v) is 6.62. The number of likely N-dealkylation sites (tertiary alicyclic amines) is 1. The highest BCUT2D eigenvalue weighted by Gasteiger charge is 2.35. The number of hydrogen-bond acceptors (Lipinski definition) is 5. The van der Waals surface area contributed by atoms with Crippen molar-refractivity contribution in [2.75, 3.05) is 26.7 Å². The molecule has 1 fully saturated rings. The Bertz CT molecular complexity index is 1560. The molecule has 1 saturated heterocycles. The Balaban J connectivity index is 1.17. The van der Waals surface area contributed by atoms with Gasteiger partial charge < -0.3 is 19.3 Å². The lowest BCUT2D eigenvalue weighted by Crippen LogP contribution is -2.43. The minimum atomic E-state index is -2.94. The molecular formula is C37H44F2N2O4. The number of rotatable bonds is 9. The van der Waals surface area contributed by atoms with Gasteiger partial charge in [-0.05, 0) is 92.5 Å². The largest absolute Gasteiger partial charge is 0.465 e. The number of halogens is 2. The van der Waals surface area contributed by atoms with Crippen LogP contribution in [0.3, 0.4) is 0 Å². The molecule has 0 aromatic heterocycles. The Morgan fingerprint density at radius 3 is 2.51 bits per heavy atom. The van der Waals surface area contributed by atoms with Gasteiger partial charge in [0.2, 0.25) is 5.91 Å². The van der Waals surface area contributed by atoms with Crippen LogP contribution in [0.1, 0.15) is 68.3 Å². The van der Waals surface area contributed by atoms with E-state index in [1.807, 2.05) is 29.2 Å². The van der Waals surface area contributed by atoms with Gasteiger partial charge in [0, 0.05) is 55.0 Å². The molecule has 2 aliphatic carbocycles. The maximum atomic E-state index is 13.9. The van der Waals surface area contributed by atoms with Crippen molar-refractivity contribution in [1.82, 2.24) is 9.80 Å². The fraction of sp³-hybridized carbons (Fsp3) is 0.459. The van der Waals surface area contributed by atoms with Crippen LogP contribution in [0.25, 0.3) is 12.3 Å². The summed E-state index contributed by atoms with van der Waals surface area (Å²) >= 11 is 0. The van der Waals surface area contributed by atoms with E-state index in [1.165, 1.54) is 13.2 Å². The molecule has 45 heavy (non-hydrogen) atoms. The van der Waals surface area contributed by atoms with Crippen molar-refractivity contribution in [3.63, 3.8) is 0 Å². The van der Waals surface area contributed by atoms with E-state index in [0.29, 0.717) is 42.2 Å². The highest BCUT2D eigenvalue weighted by Crippen LogP contribution is 2.34. The lowest BCUT2D eigenvalue weighted by Gasteiger charge is -2.37. The first-order valence-electron chi connectivity index (χ1n) is 16.1. The van der Waals surface area contributed by atoms with Crippen LogP contribution in [-0.2, 0) is 20.7 Å². The normalized spacial score (nSPS) is 22.1. The third kappa shape index (κ3) is 7.32. The Morgan fingerprint density at radius 1 is 1.11 bits per heavy atom. The maximum absolute atomic E-state index is 13.9. The zero-order chi connectivity index (χ0) is 32.1. The first-order valence-corrected chi connectivity index (χ1v) is 16.1. The van der Waals surface area contributed by atoms with Crippen LogP contribution >= 0.6 is 0 Å². The monoisotopic (exact) mass is 618 g/mol. The van der Waals surface area contributed by atoms with Gasteiger partial charge in [-0.15, -0.1) is 0 Å². The van der Waals surface area contributed by atoms with E-state index >= 15 is 0 Å². The number of esters is 1. The second-order valence-corrected chi connectivity index (χ2v) is 12.4. The van der Waals surface area contributed by atoms with E-state index < -0.39 is 11.8 Å². The minimum absolute atomic E-state index is 0.0798. The molecule has 0 spiro atoms. The summed E-state index contributed by atoms with van der Waals surface area (Å²) in [5, 5.41) is 2.26. The first-order chi connectivity index (χ1) is 21.6. The molecular weight excluding hydrogens is 574 g/mol. The summed E-state index contributed by atoms with van der Waals surface area (Å²) in [5.74, 6) is -2.34. The number of hydrogen-bond donors (Lipinski definition) is 0. The molecule has 1 aromatic rings. The van der Waals surface area contributed by atoms with E-state index in [9.17, 15) is 18.4 Å². The van der Waals surface area contributed by atoms with Crippen LogP contribution < -0.4 is 10.4 Å². The van der Waals surface area contributed by atoms with Gasteiger partial charge in [0.05, 0.1) is 12.7 Å². The SMILES string of the molecule is C=CC(F)(F)C1C=CC(OC2=CC=C(C(=O)N3CCC(CN4C=c5c(CC)c(C(=O)OC)ccc5=CCC4C)CC3)CC2)=CC1. The van der Waals surface area contributed by atoms with Crippen molar-refractivity contribution in [1.29, 1.82) is 0 Å². The van der Waals surface area contributed by atoms with Crippen molar-refractivity contribution in [3.8, 4) is 0 Å². The number of methoxy groups -OCH3 is 1. The summed E-state index contributed by atoms with van der Waals surface area (Å²) in [6.45, 7) is 9.90. The molecule has 2 atom stereocenters. The van der Waals surface area contributed by atoms with Crippen LogP contribution in [0.15, 0.2) is 72.3 Å². The second-order valence-electron chi connectivity index (χ2n) is 12.4. The molecule has 8 heteroatoms. The molecule has 0 saturated carbocycles. The molecule has 5 rings (SSSR count). The molecule has 4 aliphatic rings. The Labute approximate surface area is 264 Å². The summed E-state index contributed by atoms with van der Waals surface area (Å²) in [6.07, 6.45) is 18.5. The lowest BCUT2D eigenvalue weighted by molar-refractivity contribution is -0.128. The zero-order valence-electron chi connectivity index (χ0n) is 26.6. The van der Waals surface area contributed by atoms with Gasteiger partial charge in [-0.25, -0.2) is 13.6 Å². The Kier molecular flexibility index (Phi) is 10.1. The van der Waals surface area contributed by atoms with Gasteiger partial charge >= 0.3 is 5.97 Å². The summed E-state index contributed by atoms with van der Waals surface area (Å²) in [4.78, 5) is 30.2. The van der Waals surface area contributed by atoms with Gasteiger partial charge in [-0.3, -0.25) is 4.79 Å². The number of piperidine rings is 1. The number of amides is 1. The highest BCUT2D eigenvalue weighted by atomic mass is 19.3. The van der Waals surface area contributed by atoms with Gasteiger partial charge in [0.15, 0.2) is 0 Å². The van der Waals surface area contributed by atoms with Crippen molar-refractivity contribution in [2.45, 2.75) is 70.8 Å². The number of carbonyl (C=O) groups excluding carboxylic acids is 2. The lowest BCUT2D eigenvalue weighted by atomic mass is 9.93. The van der Waals surface area contributed by atoms with Gasteiger partial charge in [0.25, 0.3) is 5.92 Å². The van der Waals surface area contributed by atoms with E-state index in [0.717, 1.165) is 72.7 Å². The summed E-state index contributed by atoms with van der Waals surface area (Å²) in [7, 11) is 1.42. The number of ether oxygens (including phenoxy) is 2. The molecule has 1 amide bonds. The van der Waals surface area contributed by atoms with Crippen LogP contribution in [0.2, 0.25) is 0 Å². The predicted molar refractivity (Wildman–Crippen MR) is 172 cm³/mol. The number of alkyl halides is 2. The topological polar surface area (TPSA) is 59.1 Å². The molecule has 2 unspecified atom stereocenters. The van der Waals surface area contributed by atoms with Crippen LogP contribution in [0, 0.1) is 11.8 Å². The van der Waals surface area contributed by atoms with Crippen LogP contribution in [0.4, 0.5) is 8.78 Å². The number of nitrogens with zero attached hydrogens (tertiary/aromatic N) is 2. The standard InChI is InChI=1S/C37H44F2N2O4/c1-5-32-33(36(43)44-4)18-11-27-8-7-25(3)41(24-34(27)32)23-26-19-21-40(22-20-26)35(42)28-9-14-30(15-10-28)45-31-16-12-29(13-17-31)37(38,39)6-2/h6,8-9,11-12,14,16-18,24-26,29H,2,5,7,10,13,15,19-23H2,1,3-4H3. The molecule has 6 nitrogen and oxygen atoms in total. The summed E-state index contributed by atoms with van der Waals surface area (Å²) < 4.78 is 38.7. The molecule has 2 heterocycles. The average molecular weight is 619 g/mol. The van der Waals surface area contributed by atoms with Crippen molar-refractivity contribution >= 4 is 24.2 Å². The smallest absolute Gasteiger partial charge is 0.338 e.